The zero-order valence-corrected chi connectivity index (χ0v) is 10.5. The number of ether oxygens (including phenoxy) is 1. The van der Waals surface area contributed by atoms with Crippen molar-refractivity contribution in [2.75, 3.05) is 6.61 Å². The third-order valence-corrected chi connectivity index (χ3v) is 2.75. The van der Waals surface area contributed by atoms with Gasteiger partial charge in [0.25, 0.3) is 0 Å². The summed E-state index contributed by atoms with van der Waals surface area (Å²) in [6.07, 6.45) is 0. The molecule has 4 heteroatoms. The Kier molecular flexibility index (Phi) is 3.06. The number of nitrogens with zero attached hydrogens (tertiary/aromatic N) is 2. The van der Waals surface area contributed by atoms with Crippen molar-refractivity contribution < 1.29 is 4.74 Å². The number of aromatic nitrogens is 2. The van der Waals surface area contributed by atoms with Crippen molar-refractivity contribution in [3.63, 3.8) is 0 Å². The first-order valence-corrected chi connectivity index (χ1v) is 5.80. The Bertz CT molecular complexity index is 505. The number of imidazole rings is 1. The van der Waals surface area contributed by atoms with Crippen molar-refractivity contribution >= 4 is 22.6 Å². The van der Waals surface area contributed by atoms with Gasteiger partial charge in [-0.3, -0.25) is 0 Å². The Morgan fingerprint density at radius 1 is 1.50 bits per heavy atom. The van der Waals surface area contributed by atoms with Gasteiger partial charge in [0.2, 0.25) is 0 Å². The van der Waals surface area contributed by atoms with Crippen LogP contribution in [0.3, 0.4) is 0 Å². The van der Waals surface area contributed by atoms with Crippen LogP contribution in [-0.2, 0) is 7.05 Å². The molecule has 1 atom stereocenters. The lowest BCUT2D eigenvalue weighted by Crippen LogP contribution is -1.97. The number of rotatable bonds is 3. The van der Waals surface area contributed by atoms with E-state index in [1.54, 1.807) is 0 Å². The quantitative estimate of drug-likeness (QED) is 0.768. The maximum Gasteiger partial charge on any atom is 0.127 e. The first-order valence-electron chi connectivity index (χ1n) is 5.36. The molecule has 0 aliphatic heterocycles. The molecular formula is C12H15ClN2O. The zero-order chi connectivity index (χ0) is 11.7. The first-order chi connectivity index (χ1) is 7.63. The van der Waals surface area contributed by atoms with Crippen molar-refractivity contribution in [1.29, 1.82) is 0 Å². The van der Waals surface area contributed by atoms with Gasteiger partial charge >= 0.3 is 0 Å². The molecule has 0 saturated carbocycles. The highest BCUT2D eigenvalue weighted by Crippen LogP contribution is 2.25. The number of alkyl halides is 1. The maximum absolute atomic E-state index is 6.07. The van der Waals surface area contributed by atoms with Crippen LogP contribution in [0.25, 0.3) is 11.0 Å². The van der Waals surface area contributed by atoms with Gasteiger partial charge in [-0.05, 0) is 26.0 Å². The van der Waals surface area contributed by atoms with Crippen LogP contribution in [0.1, 0.15) is 25.0 Å². The molecule has 1 unspecified atom stereocenters. The normalized spacial score (nSPS) is 13.0. The van der Waals surface area contributed by atoms with Crippen molar-refractivity contribution in [3.8, 4) is 5.75 Å². The third-order valence-electron chi connectivity index (χ3n) is 2.55. The molecule has 0 radical (unpaired) electrons. The van der Waals surface area contributed by atoms with Crippen LogP contribution in [0.15, 0.2) is 18.2 Å². The van der Waals surface area contributed by atoms with E-state index in [4.69, 9.17) is 16.3 Å². The van der Waals surface area contributed by atoms with Gasteiger partial charge in [0.15, 0.2) is 0 Å². The van der Waals surface area contributed by atoms with Crippen molar-refractivity contribution in [3.05, 3.63) is 24.0 Å². The fraction of sp³-hybridized carbons (Fsp3) is 0.417. The van der Waals surface area contributed by atoms with E-state index in [-0.39, 0.29) is 5.38 Å². The van der Waals surface area contributed by atoms with Gasteiger partial charge in [-0.1, -0.05) is 0 Å². The highest BCUT2D eigenvalue weighted by atomic mass is 35.5. The minimum absolute atomic E-state index is 0.0899. The van der Waals surface area contributed by atoms with Gasteiger partial charge in [0.1, 0.15) is 11.6 Å². The Labute approximate surface area is 100.0 Å². The molecule has 0 aliphatic carbocycles. The van der Waals surface area contributed by atoms with Gasteiger partial charge in [-0.25, -0.2) is 4.98 Å². The molecule has 2 rings (SSSR count). The molecule has 0 aliphatic rings. The molecule has 0 bridgehead atoms. The zero-order valence-electron chi connectivity index (χ0n) is 9.70. The molecule has 2 aromatic rings. The minimum Gasteiger partial charge on any atom is -0.494 e. The molecule has 0 N–H and O–H groups in total. The lowest BCUT2D eigenvalue weighted by Gasteiger charge is -2.03. The Morgan fingerprint density at radius 2 is 2.25 bits per heavy atom. The second-order valence-electron chi connectivity index (χ2n) is 3.73. The molecular weight excluding hydrogens is 224 g/mol. The number of halogens is 1. The largest absolute Gasteiger partial charge is 0.494 e. The van der Waals surface area contributed by atoms with Crippen LogP contribution >= 0.6 is 11.6 Å². The second-order valence-corrected chi connectivity index (χ2v) is 4.38. The summed E-state index contributed by atoms with van der Waals surface area (Å²) in [5.41, 5.74) is 2.00. The topological polar surface area (TPSA) is 27.1 Å². The smallest absolute Gasteiger partial charge is 0.127 e. The highest BCUT2D eigenvalue weighted by Gasteiger charge is 2.12. The Morgan fingerprint density at radius 3 is 2.88 bits per heavy atom. The minimum atomic E-state index is -0.0899. The fourth-order valence-electron chi connectivity index (χ4n) is 1.81. The van der Waals surface area contributed by atoms with E-state index in [1.807, 2.05) is 43.7 Å². The molecule has 1 aromatic heterocycles. The summed E-state index contributed by atoms with van der Waals surface area (Å²) in [7, 11) is 1.98. The molecule has 1 aromatic carbocycles. The monoisotopic (exact) mass is 238 g/mol. The third kappa shape index (κ3) is 1.87. The summed E-state index contributed by atoms with van der Waals surface area (Å²) in [5, 5.41) is -0.0899. The molecule has 1 heterocycles. The molecule has 0 spiro atoms. The lowest BCUT2D eigenvalue weighted by molar-refractivity contribution is 0.340. The average molecular weight is 239 g/mol. The van der Waals surface area contributed by atoms with E-state index < -0.39 is 0 Å². The average Bonchev–Trinajstić information content (AvgIpc) is 2.56. The Balaban J connectivity index is 2.54. The van der Waals surface area contributed by atoms with Gasteiger partial charge in [-0.15, -0.1) is 11.6 Å². The predicted octanol–water partition coefficient (Wildman–Crippen LogP) is 3.27. The van der Waals surface area contributed by atoms with E-state index in [9.17, 15) is 0 Å². The predicted molar refractivity (Wildman–Crippen MR) is 66.2 cm³/mol. The standard InChI is InChI=1S/C12H15ClN2O/c1-4-16-9-5-6-11-10(7-9)14-12(8(2)13)15(11)3/h5-8H,4H2,1-3H3. The van der Waals surface area contributed by atoms with Crippen LogP contribution in [0.4, 0.5) is 0 Å². The summed E-state index contributed by atoms with van der Waals surface area (Å²) in [5.74, 6) is 1.73. The van der Waals surface area contributed by atoms with Crippen LogP contribution < -0.4 is 4.74 Å². The van der Waals surface area contributed by atoms with Crippen molar-refractivity contribution in [1.82, 2.24) is 9.55 Å². The van der Waals surface area contributed by atoms with Crippen molar-refractivity contribution in [2.24, 2.45) is 7.05 Å². The molecule has 16 heavy (non-hydrogen) atoms. The van der Waals surface area contributed by atoms with Gasteiger partial charge in [0, 0.05) is 13.1 Å². The van der Waals surface area contributed by atoms with E-state index in [0.717, 1.165) is 22.6 Å². The van der Waals surface area contributed by atoms with Crippen LogP contribution in [0.2, 0.25) is 0 Å². The second kappa shape index (κ2) is 4.34. The van der Waals surface area contributed by atoms with Crippen LogP contribution in [-0.4, -0.2) is 16.2 Å². The summed E-state index contributed by atoms with van der Waals surface area (Å²) >= 11 is 6.07. The highest BCUT2D eigenvalue weighted by molar-refractivity contribution is 6.20. The van der Waals surface area contributed by atoms with Gasteiger partial charge in [-0.2, -0.15) is 0 Å². The van der Waals surface area contributed by atoms with E-state index in [0.29, 0.717) is 6.61 Å². The van der Waals surface area contributed by atoms with Gasteiger partial charge in [0.05, 0.1) is 23.0 Å². The molecule has 0 amide bonds. The van der Waals surface area contributed by atoms with E-state index in [1.165, 1.54) is 0 Å². The molecule has 3 nitrogen and oxygen atoms in total. The summed E-state index contributed by atoms with van der Waals surface area (Å²) in [4.78, 5) is 4.51. The van der Waals surface area contributed by atoms with Crippen LogP contribution in [0, 0.1) is 0 Å². The lowest BCUT2D eigenvalue weighted by atomic mass is 10.3. The number of fused-ring (bicyclic) bond motifs is 1. The molecule has 86 valence electrons. The summed E-state index contributed by atoms with van der Waals surface area (Å²) in [6.45, 7) is 4.55. The number of aryl methyl sites for hydroxylation is 1. The van der Waals surface area contributed by atoms with E-state index >= 15 is 0 Å². The summed E-state index contributed by atoms with van der Waals surface area (Å²) in [6, 6.07) is 5.91. The first kappa shape index (κ1) is 11.3. The number of hydrogen-bond donors (Lipinski definition) is 0. The SMILES string of the molecule is CCOc1ccc2c(c1)nc(C(C)Cl)n2C. The molecule has 0 fully saturated rings. The number of benzene rings is 1. The number of hydrogen-bond acceptors (Lipinski definition) is 2. The fourth-order valence-corrected chi connectivity index (χ4v) is 2.01. The van der Waals surface area contributed by atoms with Crippen LogP contribution in [0.5, 0.6) is 5.75 Å². The summed E-state index contributed by atoms with van der Waals surface area (Å²) < 4.78 is 7.46. The Hall–Kier alpha value is -1.22. The van der Waals surface area contributed by atoms with Crippen molar-refractivity contribution in [2.45, 2.75) is 19.2 Å². The molecule has 0 saturated heterocycles. The van der Waals surface area contributed by atoms with Gasteiger partial charge < -0.3 is 9.30 Å². The van der Waals surface area contributed by atoms with E-state index in [2.05, 4.69) is 4.98 Å². The maximum atomic E-state index is 6.07.